The molecule has 2 heterocycles. The van der Waals surface area contributed by atoms with E-state index < -0.39 is 0 Å². The third kappa shape index (κ3) is 2.71. The lowest BCUT2D eigenvalue weighted by Crippen LogP contribution is -2.43. The molecule has 2 rings (SSSR count). The van der Waals surface area contributed by atoms with Gasteiger partial charge < -0.3 is 4.74 Å². The minimum atomic E-state index is 0.517. The van der Waals surface area contributed by atoms with Crippen LogP contribution in [0.3, 0.4) is 0 Å². The molecule has 2 fully saturated rings. The smallest absolute Gasteiger partial charge is 0.0702 e. The lowest BCUT2D eigenvalue weighted by Gasteiger charge is -2.35. The Morgan fingerprint density at radius 3 is 2.93 bits per heavy atom. The molecule has 0 spiro atoms. The van der Waals surface area contributed by atoms with Crippen molar-refractivity contribution in [2.75, 3.05) is 26.2 Å². The van der Waals surface area contributed by atoms with Crippen LogP contribution in [0.5, 0.6) is 0 Å². The molecule has 0 aliphatic carbocycles. The number of alkyl halides is 1. The van der Waals surface area contributed by atoms with Crippen molar-refractivity contribution in [3.8, 4) is 0 Å². The molecule has 3 heteroatoms. The first-order valence-electron chi connectivity index (χ1n) is 5.73. The van der Waals surface area contributed by atoms with Gasteiger partial charge in [0, 0.05) is 24.5 Å². The Morgan fingerprint density at radius 2 is 2.29 bits per heavy atom. The number of likely N-dealkylation sites (tertiary alicyclic amines) is 1. The summed E-state index contributed by atoms with van der Waals surface area (Å²) in [5, 5.41) is 0. The Morgan fingerprint density at radius 1 is 1.43 bits per heavy atom. The quantitative estimate of drug-likeness (QED) is 0.708. The van der Waals surface area contributed by atoms with E-state index in [1.54, 1.807) is 0 Å². The molecule has 14 heavy (non-hydrogen) atoms. The van der Waals surface area contributed by atoms with Crippen LogP contribution in [0.15, 0.2) is 0 Å². The van der Waals surface area contributed by atoms with Crippen LogP contribution in [0.4, 0.5) is 0 Å². The fraction of sp³-hybridized carbons (Fsp3) is 1.00. The zero-order valence-electron chi connectivity index (χ0n) is 8.92. The van der Waals surface area contributed by atoms with Gasteiger partial charge in [-0.05, 0) is 31.7 Å². The number of hydrogen-bond donors (Lipinski definition) is 0. The van der Waals surface area contributed by atoms with Gasteiger partial charge in [0.2, 0.25) is 0 Å². The van der Waals surface area contributed by atoms with E-state index in [0.717, 1.165) is 19.1 Å². The van der Waals surface area contributed by atoms with Crippen molar-refractivity contribution in [2.24, 2.45) is 5.92 Å². The van der Waals surface area contributed by atoms with Gasteiger partial charge in [0.25, 0.3) is 0 Å². The van der Waals surface area contributed by atoms with Crippen molar-refractivity contribution < 1.29 is 4.74 Å². The van der Waals surface area contributed by atoms with E-state index in [-0.39, 0.29) is 0 Å². The second-order valence-corrected chi connectivity index (χ2v) is 5.85. The van der Waals surface area contributed by atoms with E-state index >= 15 is 0 Å². The topological polar surface area (TPSA) is 12.5 Å². The number of hydrogen-bond acceptors (Lipinski definition) is 2. The van der Waals surface area contributed by atoms with Gasteiger partial charge in [0.05, 0.1) is 6.10 Å². The Balaban J connectivity index is 1.75. The molecule has 0 amide bonds. The van der Waals surface area contributed by atoms with Crippen molar-refractivity contribution in [3.05, 3.63) is 0 Å². The first kappa shape index (κ1) is 10.9. The van der Waals surface area contributed by atoms with Gasteiger partial charge in [0.15, 0.2) is 0 Å². The van der Waals surface area contributed by atoms with Crippen LogP contribution in [0.25, 0.3) is 0 Å². The minimum Gasteiger partial charge on any atom is -0.377 e. The monoisotopic (exact) mass is 261 g/mol. The summed E-state index contributed by atoms with van der Waals surface area (Å²) in [5.41, 5.74) is 0. The standard InChI is InChI=1S/C11H20BrNO/c1-9-4-5-13(8-11(9)12)7-10-3-2-6-14-10/h9-11H,2-8H2,1H3. The Kier molecular flexibility index (Phi) is 3.86. The maximum absolute atomic E-state index is 5.66. The maximum atomic E-state index is 5.66. The average molecular weight is 262 g/mol. The molecule has 0 radical (unpaired) electrons. The Labute approximate surface area is 95.1 Å². The van der Waals surface area contributed by atoms with Crippen LogP contribution in [0, 0.1) is 5.92 Å². The predicted octanol–water partition coefficient (Wildman–Crippen LogP) is 2.27. The van der Waals surface area contributed by atoms with Gasteiger partial charge in [-0.15, -0.1) is 0 Å². The van der Waals surface area contributed by atoms with Crippen molar-refractivity contribution >= 4 is 15.9 Å². The Hall–Kier alpha value is 0.400. The number of halogens is 1. The highest BCUT2D eigenvalue weighted by Gasteiger charge is 2.26. The largest absolute Gasteiger partial charge is 0.377 e. The molecule has 2 saturated heterocycles. The minimum absolute atomic E-state index is 0.517. The third-order valence-corrected chi connectivity index (χ3v) is 4.63. The van der Waals surface area contributed by atoms with Crippen molar-refractivity contribution in [3.63, 3.8) is 0 Å². The molecule has 3 unspecified atom stereocenters. The fourth-order valence-corrected chi connectivity index (χ4v) is 3.00. The van der Waals surface area contributed by atoms with Crippen LogP contribution in [0.2, 0.25) is 0 Å². The number of piperidine rings is 1. The van der Waals surface area contributed by atoms with E-state index in [4.69, 9.17) is 4.74 Å². The summed E-state index contributed by atoms with van der Waals surface area (Å²) in [6.07, 6.45) is 4.36. The van der Waals surface area contributed by atoms with Crippen LogP contribution in [0.1, 0.15) is 26.2 Å². The molecule has 2 aliphatic heterocycles. The highest BCUT2D eigenvalue weighted by Crippen LogP contribution is 2.24. The highest BCUT2D eigenvalue weighted by molar-refractivity contribution is 9.09. The normalized spacial score (nSPS) is 40.3. The summed E-state index contributed by atoms with van der Waals surface area (Å²) in [4.78, 5) is 3.23. The van der Waals surface area contributed by atoms with Gasteiger partial charge in [0.1, 0.15) is 0 Å². The van der Waals surface area contributed by atoms with Crippen molar-refractivity contribution in [1.82, 2.24) is 4.90 Å². The molecule has 0 aromatic rings. The second kappa shape index (κ2) is 4.95. The third-order valence-electron chi connectivity index (χ3n) is 3.44. The summed E-state index contributed by atoms with van der Waals surface area (Å²) in [7, 11) is 0. The predicted molar refractivity (Wildman–Crippen MR) is 61.9 cm³/mol. The number of ether oxygens (including phenoxy) is 1. The zero-order chi connectivity index (χ0) is 9.97. The molecular weight excluding hydrogens is 242 g/mol. The molecule has 0 saturated carbocycles. The molecule has 3 atom stereocenters. The van der Waals surface area contributed by atoms with Crippen LogP contribution < -0.4 is 0 Å². The lowest BCUT2D eigenvalue weighted by atomic mass is 9.99. The first-order chi connectivity index (χ1) is 6.75. The molecule has 82 valence electrons. The molecule has 0 N–H and O–H groups in total. The summed E-state index contributed by atoms with van der Waals surface area (Å²) in [6.45, 7) is 6.91. The molecular formula is C11H20BrNO. The van der Waals surface area contributed by atoms with Crippen LogP contribution >= 0.6 is 15.9 Å². The lowest BCUT2D eigenvalue weighted by molar-refractivity contribution is 0.0629. The number of nitrogens with zero attached hydrogens (tertiary/aromatic N) is 1. The number of rotatable bonds is 2. The average Bonchev–Trinajstić information content (AvgIpc) is 2.64. The van der Waals surface area contributed by atoms with Crippen molar-refractivity contribution in [2.45, 2.75) is 37.1 Å². The first-order valence-corrected chi connectivity index (χ1v) is 6.65. The van der Waals surface area contributed by atoms with Crippen molar-refractivity contribution in [1.29, 1.82) is 0 Å². The molecule has 2 aliphatic rings. The molecule has 2 nitrogen and oxygen atoms in total. The fourth-order valence-electron chi connectivity index (χ4n) is 2.33. The van der Waals surface area contributed by atoms with E-state index in [9.17, 15) is 0 Å². The van der Waals surface area contributed by atoms with E-state index in [1.165, 1.54) is 32.4 Å². The van der Waals surface area contributed by atoms with E-state index in [1.807, 2.05) is 0 Å². The zero-order valence-corrected chi connectivity index (χ0v) is 10.5. The second-order valence-electron chi connectivity index (χ2n) is 4.68. The van der Waals surface area contributed by atoms with Gasteiger partial charge in [-0.3, -0.25) is 4.90 Å². The highest BCUT2D eigenvalue weighted by atomic mass is 79.9. The van der Waals surface area contributed by atoms with Gasteiger partial charge in [-0.2, -0.15) is 0 Å². The summed E-state index contributed by atoms with van der Waals surface area (Å²) in [5.74, 6) is 0.829. The summed E-state index contributed by atoms with van der Waals surface area (Å²) < 4.78 is 5.66. The molecule has 0 aromatic heterocycles. The summed E-state index contributed by atoms with van der Waals surface area (Å²) in [6, 6.07) is 0. The van der Waals surface area contributed by atoms with E-state index in [2.05, 4.69) is 27.8 Å². The molecule has 0 aromatic carbocycles. The van der Waals surface area contributed by atoms with Gasteiger partial charge in [-0.25, -0.2) is 0 Å². The SMILES string of the molecule is CC1CCN(CC2CCCO2)CC1Br. The van der Waals surface area contributed by atoms with Gasteiger partial charge >= 0.3 is 0 Å². The molecule has 0 bridgehead atoms. The van der Waals surface area contributed by atoms with E-state index in [0.29, 0.717) is 10.9 Å². The summed E-state index contributed by atoms with van der Waals surface area (Å²) >= 11 is 3.76. The van der Waals surface area contributed by atoms with Crippen LogP contribution in [-0.2, 0) is 4.74 Å². The van der Waals surface area contributed by atoms with Gasteiger partial charge in [-0.1, -0.05) is 22.9 Å². The van der Waals surface area contributed by atoms with Crippen LogP contribution in [-0.4, -0.2) is 42.1 Å². The maximum Gasteiger partial charge on any atom is 0.0702 e. The Bertz CT molecular complexity index is 182.